The molecule has 0 heterocycles. The number of hydrogen-bond acceptors (Lipinski definition) is 2. The molecule has 2 heteroatoms. The predicted octanol–water partition coefficient (Wildman–Crippen LogP) is 3.85. The summed E-state index contributed by atoms with van der Waals surface area (Å²) in [4.78, 5) is 0. The molecule has 4 unspecified atom stereocenters. The van der Waals surface area contributed by atoms with Gasteiger partial charge in [0.05, 0.1) is 6.10 Å². The summed E-state index contributed by atoms with van der Waals surface area (Å²) < 4.78 is 6.20. The Kier molecular flexibility index (Phi) is 7.25. The molecule has 1 N–H and O–H groups in total. The lowest BCUT2D eigenvalue weighted by Gasteiger charge is -2.37. The van der Waals surface area contributed by atoms with E-state index in [9.17, 15) is 0 Å². The molecule has 0 radical (unpaired) electrons. The number of hydrogen-bond donors (Lipinski definition) is 1. The second-order valence-electron chi connectivity index (χ2n) is 6.48. The van der Waals surface area contributed by atoms with Crippen LogP contribution in [0.25, 0.3) is 0 Å². The Morgan fingerprint density at radius 1 is 1.22 bits per heavy atom. The summed E-state index contributed by atoms with van der Waals surface area (Å²) in [5.74, 6) is 2.38. The van der Waals surface area contributed by atoms with Crippen molar-refractivity contribution >= 4 is 0 Å². The maximum Gasteiger partial charge on any atom is 0.0608 e. The largest absolute Gasteiger partial charge is 0.378 e. The van der Waals surface area contributed by atoms with E-state index < -0.39 is 0 Å². The van der Waals surface area contributed by atoms with E-state index in [2.05, 4.69) is 39.9 Å². The average Bonchev–Trinajstić information content (AvgIpc) is 2.29. The van der Waals surface area contributed by atoms with Gasteiger partial charge in [-0.25, -0.2) is 0 Å². The Bertz CT molecular complexity index is 217. The number of rotatable bonds is 7. The van der Waals surface area contributed by atoms with E-state index in [0.29, 0.717) is 12.1 Å². The standard InChI is InChI=1S/C16H33NO/c1-6-17-14(5)9-10-18-16-11-13(4)7-8-15(16)12(2)3/h12-17H,6-11H2,1-5H3. The molecule has 18 heavy (non-hydrogen) atoms. The first-order chi connectivity index (χ1) is 8.54. The number of ether oxygens (including phenoxy) is 1. The van der Waals surface area contributed by atoms with Crippen molar-refractivity contribution in [3.05, 3.63) is 0 Å². The highest BCUT2D eigenvalue weighted by Gasteiger charge is 2.31. The van der Waals surface area contributed by atoms with Gasteiger partial charge in [-0.1, -0.05) is 34.1 Å². The Morgan fingerprint density at radius 3 is 2.56 bits per heavy atom. The van der Waals surface area contributed by atoms with Crippen molar-refractivity contribution < 1.29 is 4.74 Å². The molecule has 2 nitrogen and oxygen atoms in total. The summed E-state index contributed by atoms with van der Waals surface area (Å²) in [6.45, 7) is 13.4. The third kappa shape index (κ3) is 5.27. The number of nitrogens with one attached hydrogen (secondary N) is 1. The molecule has 4 atom stereocenters. The molecule has 1 aliphatic rings. The first-order valence-corrected chi connectivity index (χ1v) is 7.89. The lowest BCUT2D eigenvalue weighted by atomic mass is 9.75. The molecule has 0 amide bonds. The molecule has 108 valence electrons. The van der Waals surface area contributed by atoms with Gasteiger partial charge in [-0.15, -0.1) is 0 Å². The van der Waals surface area contributed by atoms with Crippen molar-refractivity contribution in [3.8, 4) is 0 Å². The molecule has 1 aliphatic carbocycles. The Balaban J connectivity index is 2.32. The summed E-state index contributed by atoms with van der Waals surface area (Å²) in [7, 11) is 0. The normalized spacial score (nSPS) is 30.7. The average molecular weight is 255 g/mol. The lowest BCUT2D eigenvalue weighted by molar-refractivity contribution is -0.0405. The fourth-order valence-corrected chi connectivity index (χ4v) is 3.15. The molecule has 0 aromatic heterocycles. The maximum atomic E-state index is 6.20. The van der Waals surface area contributed by atoms with Crippen LogP contribution >= 0.6 is 0 Å². The first-order valence-electron chi connectivity index (χ1n) is 7.89. The molecule has 0 aromatic carbocycles. The van der Waals surface area contributed by atoms with Gasteiger partial charge in [0.2, 0.25) is 0 Å². The summed E-state index contributed by atoms with van der Waals surface area (Å²) in [5, 5.41) is 3.45. The topological polar surface area (TPSA) is 21.3 Å². The van der Waals surface area contributed by atoms with Crippen LogP contribution in [0.3, 0.4) is 0 Å². The molecule has 0 spiro atoms. The third-order valence-corrected chi connectivity index (χ3v) is 4.40. The van der Waals surface area contributed by atoms with E-state index in [0.717, 1.165) is 37.3 Å². The van der Waals surface area contributed by atoms with Gasteiger partial charge in [0.1, 0.15) is 0 Å². The van der Waals surface area contributed by atoms with Crippen molar-refractivity contribution in [3.63, 3.8) is 0 Å². The van der Waals surface area contributed by atoms with Crippen LogP contribution in [0.15, 0.2) is 0 Å². The van der Waals surface area contributed by atoms with Crippen LogP contribution in [0.5, 0.6) is 0 Å². The summed E-state index contributed by atoms with van der Waals surface area (Å²) >= 11 is 0. The molecular weight excluding hydrogens is 222 g/mol. The van der Waals surface area contributed by atoms with E-state index in [1.54, 1.807) is 0 Å². The van der Waals surface area contributed by atoms with Gasteiger partial charge in [-0.2, -0.15) is 0 Å². The maximum absolute atomic E-state index is 6.20. The van der Waals surface area contributed by atoms with E-state index in [1.165, 1.54) is 19.3 Å². The van der Waals surface area contributed by atoms with Crippen LogP contribution < -0.4 is 5.32 Å². The highest BCUT2D eigenvalue weighted by Crippen LogP contribution is 2.35. The van der Waals surface area contributed by atoms with Gasteiger partial charge in [-0.05, 0) is 50.5 Å². The van der Waals surface area contributed by atoms with E-state index >= 15 is 0 Å². The zero-order valence-corrected chi connectivity index (χ0v) is 13.0. The zero-order valence-electron chi connectivity index (χ0n) is 13.0. The van der Waals surface area contributed by atoms with Crippen molar-refractivity contribution in [1.82, 2.24) is 5.32 Å². The van der Waals surface area contributed by atoms with Gasteiger partial charge >= 0.3 is 0 Å². The van der Waals surface area contributed by atoms with Crippen molar-refractivity contribution in [2.45, 2.75) is 72.4 Å². The van der Waals surface area contributed by atoms with Gasteiger partial charge in [0.25, 0.3) is 0 Å². The molecule has 1 saturated carbocycles. The van der Waals surface area contributed by atoms with Gasteiger partial charge in [-0.3, -0.25) is 0 Å². The smallest absolute Gasteiger partial charge is 0.0608 e. The van der Waals surface area contributed by atoms with Crippen molar-refractivity contribution in [2.75, 3.05) is 13.2 Å². The molecule has 0 bridgehead atoms. The minimum absolute atomic E-state index is 0.502. The van der Waals surface area contributed by atoms with Crippen molar-refractivity contribution in [1.29, 1.82) is 0 Å². The van der Waals surface area contributed by atoms with Crippen LogP contribution in [0, 0.1) is 17.8 Å². The molecule has 1 fully saturated rings. The third-order valence-electron chi connectivity index (χ3n) is 4.40. The van der Waals surface area contributed by atoms with Crippen LogP contribution in [0.1, 0.15) is 60.3 Å². The predicted molar refractivity (Wildman–Crippen MR) is 78.8 cm³/mol. The SMILES string of the molecule is CCNC(C)CCOC1CC(C)CCC1C(C)C. The Morgan fingerprint density at radius 2 is 1.94 bits per heavy atom. The molecular formula is C16H33NO. The van der Waals surface area contributed by atoms with Crippen molar-refractivity contribution in [2.24, 2.45) is 17.8 Å². The molecule has 1 rings (SSSR count). The molecule has 0 saturated heterocycles. The van der Waals surface area contributed by atoms with Gasteiger partial charge in [0.15, 0.2) is 0 Å². The molecule has 0 aromatic rings. The lowest BCUT2D eigenvalue weighted by Crippen LogP contribution is -2.35. The summed E-state index contributed by atoms with van der Waals surface area (Å²) in [5.41, 5.74) is 0. The highest BCUT2D eigenvalue weighted by molar-refractivity contribution is 4.81. The Hall–Kier alpha value is -0.0800. The second-order valence-corrected chi connectivity index (χ2v) is 6.48. The quantitative estimate of drug-likeness (QED) is 0.746. The fourth-order valence-electron chi connectivity index (χ4n) is 3.15. The van der Waals surface area contributed by atoms with Gasteiger partial charge in [0, 0.05) is 12.6 Å². The highest BCUT2D eigenvalue weighted by atomic mass is 16.5. The van der Waals surface area contributed by atoms with E-state index in [-0.39, 0.29) is 0 Å². The summed E-state index contributed by atoms with van der Waals surface area (Å²) in [6, 6.07) is 0.577. The summed E-state index contributed by atoms with van der Waals surface area (Å²) in [6.07, 6.45) is 5.63. The van der Waals surface area contributed by atoms with E-state index in [4.69, 9.17) is 4.74 Å². The van der Waals surface area contributed by atoms with Crippen LogP contribution in [-0.2, 0) is 4.74 Å². The monoisotopic (exact) mass is 255 g/mol. The van der Waals surface area contributed by atoms with Crippen LogP contribution in [-0.4, -0.2) is 25.3 Å². The Labute approximate surface area is 114 Å². The van der Waals surface area contributed by atoms with Gasteiger partial charge < -0.3 is 10.1 Å². The first kappa shape index (κ1) is 16.0. The molecule has 0 aliphatic heterocycles. The van der Waals surface area contributed by atoms with E-state index in [1.807, 2.05) is 0 Å². The van der Waals surface area contributed by atoms with Crippen LogP contribution in [0.4, 0.5) is 0 Å². The fraction of sp³-hybridized carbons (Fsp3) is 1.00. The second kappa shape index (κ2) is 8.16. The minimum Gasteiger partial charge on any atom is -0.378 e. The van der Waals surface area contributed by atoms with Crippen LogP contribution in [0.2, 0.25) is 0 Å². The minimum atomic E-state index is 0.502. The zero-order chi connectivity index (χ0) is 13.5.